The van der Waals surface area contributed by atoms with Gasteiger partial charge in [-0.3, -0.25) is 0 Å². The predicted octanol–water partition coefficient (Wildman–Crippen LogP) is 2.29. The molecule has 5 fully saturated rings. The van der Waals surface area contributed by atoms with Crippen LogP contribution in [0.15, 0.2) is 0 Å². The average molecular weight is 290 g/mol. The molecule has 21 heavy (non-hydrogen) atoms. The molecule has 2 N–H and O–H groups in total. The molecule has 6 atom stereocenters. The summed E-state index contributed by atoms with van der Waals surface area (Å²) in [4.78, 5) is 12.2. The third-order valence-electron chi connectivity index (χ3n) is 7.13. The monoisotopic (exact) mass is 290 g/mol. The fourth-order valence-electron chi connectivity index (χ4n) is 6.70. The van der Waals surface area contributed by atoms with Crippen LogP contribution in [-0.2, 0) is 4.74 Å². The van der Waals surface area contributed by atoms with Crippen molar-refractivity contribution in [3.8, 4) is 0 Å². The summed E-state index contributed by atoms with van der Waals surface area (Å²) in [5, 5.41) is 7.10. The number of rotatable bonds is 1. The number of fused-ring (bicyclic) bond motifs is 2. The summed E-state index contributed by atoms with van der Waals surface area (Å²) in [5.41, 5.74) is 0.539. The van der Waals surface area contributed by atoms with Gasteiger partial charge in [0.15, 0.2) is 0 Å². The maximum atomic E-state index is 12.2. The van der Waals surface area contributed by atoms with Crippen LogP contribution in [0.3, 0.4) is 0 Å². The maximum Gasteiger partial charge on any atom is 0.407 e. The lowest BCUT2D eigenvalue weighted by molar-refractivity contribution is 0.0500. The lowest BCUT2D eigenvalue weighted by atomic mass is 9.78. The third kappa shape index (κ3) is 1.38. The first-order valence-corrected chi connectivity index (χ1v) is 8.60. The molecule has 0 aromatic heterocycles. The van der Waals surface area contributed by atoms with Gasteiger partial charge < -0.3 is 15.4 Å². The summed E-state index contributed by atoms with van der Waals surface area (Å²) in [5.74, 6) is 2.37. The molecule has 1 amide bonds. The van der Waals surface area contributed by atoms with Crippen LogP contribution in [-0.4, -0.2) is 30.3 Å². The number of amides is 1. The third-order valence-corrected chi connectivity index (χ3v) is 7.13. The number of alkyl carbamates (subject to hydrolysis) is 1. The molecular weight excluding hydrogens is 264 g/mol. The highest BCUT2D eigenvalue weighted by Gasteiger charge is 2.89. The zero-order chi connectivity index (χ0) is 14.6. The minimum atomic E-state index is -0.404. The molecule has 1 saturated heterocycles. The van der Waals surface area contributed by atoms with Crippen molar-refractivity contribution in [2.24, 2.45) is 28.6 Å². The number of carbonyl (C=O) groups is 1. The smallest absolute Gasteiger partial charge is 0.407 e. The van der Waals surface area contributed by atoms with E-state index in [1.807, 2.05) is 20.8 Å². The summed E-state index contributed by atoms with van der Waals surface area (Å²) in [6.45, 7) is 7.01. The molecule has 4 aliphatic carbocycles. The Morgan fingerprint density at radius 2 is 2.10 bits per heavy atom. The van der Waals surface area contributed by atoms with Gasteiger partial charge in [-0.25, -0.2) is 4.79 Å². The standard InChI is InChI=1S/C17H26N2O2/c1-15(2,3)21-14(20)19-13-11-10-6-9-7-17(11,13)16(4-5-16)12(10)18-8-9/h9-13,18H,4-8H2,1-3H3,(H,19,20)/t9?,10-,11?,12?,13?,17?/m0/s1. The fourth-order valence-corrected chi connectivity index (χ4v) is 6.70. The van der Waals surface area contributed by atoms with E-state index in [-0.39, 0.29) is 6.09 Å². The highest BCUT2D eigenvalue weighted by atomic mass is 16.6. The second-order valence-corrected chi connectivity index (χ2v) is 9.20. The highest BCUT2D eigenvalue weighted by molar-refractivity contribution is 5.69. The zero-order valence-corrected chi connectivity index (χ0v) is 13.2. The largest absolute Gasteiger partial charge is 0.444 e. The van der Waals surface area contributed by atoms with E-state index in [0.29, 0.717) is 16.9 Å². The van der Waals surface area contributed by atoms with Crippen LogP contribution < -0.4 is 10.6 Å². The topological polar surface area (TPSA) is 50.4 Å². The molecule has 0 aromatic carbocycles. The average Bonchev–Trinajstić information content (AvgIpc) is 3.23. The molecule has 5 rings (SSSR count). The van der Waals surface area contributed by atoms with Crippen LogP contribution in [0, 0.1) is 28.6 Å². The van der Waals surface area contributed by atoms with Crippen LogP contribution >= 0.6 is 0 Å². The summed E-state index contributed by atoms with van der Waals surface area (Å²) in [6, 6.07) is 1.14. The van der Waals surface area contributed by atoms with E-state index >= 15 is 0 Å². The number of piperidine rings is 1. The van der Waals surface area contributed by atoms with Gasteiger partial charge in [0.25, 0.3) is 0 Å². The van der Waals surface area contributed by atoms with Crippen LogP contribution in [0.25, 0.3) is 0 Å². The molecule has 1 aliphatic heterocycles. The van der Waals surface area contributed by atoms with E-state index < -0.39 is 5.60 Å². The molecule has 4 heteroatoms. The van der Waals surface area contributed by atoms with E-state index in [1.165, 1.54) is 32.2 Å². The molecule has 3 bridgehead atoms. The van der Waals surface area contributed by atoms with Crippen LogP contribution in [0.5, 0.6) is 0 Å². The normalized spacial score (nSPS) is 50.7. The van der Waals surface area contributed by atoms with Crippen LogP contribution in [0.1, 0.15) is 46.5 Å². The van der Waals surface area contributed by atoms with Gasteiger partial charge in [0, 0.05) is 17.5 Å². The molecule has 5 unspecified atom stereocenters. The Kier molecular flexibility index (Phi) is 2.07. The number of ether oxygens (including phenoxy) is 1. The molecule has 4 nitrogen and oxygen atoms in total. The van der Waals surface area contributed by atoms with Gasteiger partial charge in [0.05, 0.1) is 0 Å². The summed E-state index contributed by atoms with van der Waals surface area (Å²) < 4.78 is 5.49. The fraction of sp³-hybridized carbons (Fsp3) is 0.941. The minimum Gasteiger partial charge on any atom is -0.444 e. The van der Waals surface area contributed by atoms with E-state index in [1.54, 1.807) is 0 Å². The quantitative estimate of drug-likeness (QED) is 0.779. The first-order chi connectivity index (χ1) is 9.87. The Bertz CT molecular complexity index is 521. The first kappa shape index (κ1) is 12.7. The Morgan fingerprint density at radius 3 is 2.76 bits per heavy atom. The van der Waals surface area contributed by atoms with Gasteiger partial charge in [0.1, 0.15) is 5.60 Å². The molecule has 1 spiro atoms. The number of nitrogens with one attached hydrogen (secondary N) is 2. The summed E-state index contributed by atoms with van der Waals surface area (Å²) in [7, 11) is 0. The van der Waals surface area contributed by atoms with E-state index in [4.69, 9.17) is 4.74 Å². The highest BCUT2D eigenvalue weighted by Crippen LogP contribution is 2.87. The van der Waals surface area contributed by atoms with Crippen molar-refractivity contribution in [3.05, 3.63) is 0 Å². The molecule has 0 radical (unpaired) electrons. The van der Waals surface area contributed by atoms with Crippen LogP contribution in [0.2, 0.25) is 0 Å². The predicted molar refractivity (Wildman–Crippen MR) is 78.8 cm³/mol. The summed E-state index contributed by atoms with van der Waals surface area (Å²) >= 11 is 0. The van der Waals surface area contributed by atoms with Crippen molar-refractivity contribution >= 4 is 6.09 Å². The maximum absolute atomic E-state index is 12.2. The van der Waals surface area contributed by atoms with Crippen molar-refractivity contribution in [1.29, 1.82) is 0 Å². The second kappa shape index (κ2) is 3.42. The van der Waals surface area contributed by atoms with Crippen molar-refractivity contribution in [2.75, 3.05) is 6.54 Å². The summed E-state index contributed by atoms with van der Waals surface area (Å²) in [6.07, 6.45) is 5.25. The van der Waals surface area contributed by atoms with Crippen molar-refractivity contribution in [2.45, 2.75) is 64.1 Å². The number of hydrogen-bond acceptors (Lipinski definition) is 3. The van der Waals surface area contributed by atoms with Gasteiger partial charge in [-0.2, -0.15) is 0 Å². The van der Waals surface area contributed by atoms with E-state index in [0.717, 1.165) is 23.8 Å². The van der Waals surface area contributed by atoms with Gasteiger partial charge in [-0.15, -0.1) is 0 Å². The van der Waals surface area contributed by atoms with Crippen molar-refractivity contribution in [3.63, 3.8) is 0 Å². The molecule has 0 aromatic rings. The molecule has 1 heterocycles. The van der Waals surface area contributed by atoms with Crippen molar-refractivity contribution < 1.29 is 9.53 Å². The lowest BCUT2D eigenvalue weighted by Crippen LogP contribution is -2.49. The molecular formula is C17H26N2O2. The Balaban J connectivity index is 1.40. The first-order valence-electron chi connectivity index (χ1n) is 8.60. The van der Waals surface area contributed by atoms with Gasteiger partial charge in [-0.1, -0.05) is 0 Å². The Morgan fingerprint density at radius 1 is 1.33 bits per heavy atom. The Labute approximate surface area is 126 Å². The zero-order valence-electron chi connectivity index (χ0n) is 13.2. The second-order valence-electron chi connectivity index (χ2n) is 9.20. The Hall–Kier alpha value is -0.770. The minimum absolute atomic E-state index is 0.210. The van der Waals surface area contributed by atoms with Crippen molar-refractivity contribution in [1.82, 2.24) is 10.6 Å². The molecule has 4 saturated carbocycles. The van der Waals surface area contributed by atoms with Gasteiger partial charge >= 0.3 is 6.09 Å². The molecule has 5 aliphatic rings. The number of hydrogen-bond donors (Lipinski definition) is 2. The van der Waals surface area contributed by atoms with E-state index in [9.17, 15) is 4.79 Å². The van der Waals surface area contributed by atoms with Crippen LogP contribution in [0.4, 0.5) is 4.79 Å². The molecule has 116 valence electrons. The lowest BCUT2D eigenvalue weighted by Gasteiger charge is -2.36. The van der Waals surface area contributed by atoms with E-state index in [2.05, 4.69) is 10.6 Å². The number of carbonyl (C=O) groups excluding carboxylic acids is 1. The SMILES string of the molecule is CC(C)(C)OC(=O)NC1C2[C@@H]3CC4CNC3C3(CC3)C12C4. The van der Waals surface area contributed by atoms with Gasteiger partial charge in [-0.05, 0) is 76.2 Å². The van der Waals surface area contributed by atoms with Gasteiger partial charge in [0.2, 0.25) is 0 Å².